The summed E-state index contributed by atoms with van der Waals surface area (Å²) in [5, 5.41) is 5.05. The Kier molecular flexibility index (Phi) is 11.0. The quantitative estimate of drug-likeness (QED) is 0.299. The number of halogens is 3. The highest BCUT2D eigenvalue weighted by Crippen LogP contribution is 2.34. The van der Waals surface area contributed by atoms with Gasteiger partial charge in [0.1, 0.15) is 5.65 Å². The molecule has 194 valence electrons. The average Bonchev–Trinajstić information content (AvgIpc) is 3.28. The standard InChI is InChI=1S/C27H31ClN4OS.2ClH/c28-23-9-2-1-7-21(23)8-5-15-31-16-12-20(13-17-31)6-4-14-29-27(33)24-18-22-19-30-25-10-3-11-26(34-24)32(22)25;;/h1-3,7,9-11,18-20H,4-6,8,12-17H2,(H,29,33);2*1H. The number of imidazole rings is 1. The molecule has 5 rings (SSSR count). The molecular weight excluding hydrogens is 535 g/mol. The topological polar surface area (TPSA) is 49.6 Å². The minimum absolute atomic E-state index is 0. The monoisotopic (exact) mass is 566 g/mol. The summed E-state index contributed by atoms with van der Waals surface area (Å²) in [6, 6.07) is 14.2. The molecule has 0 unspecified atom stereocenters. The predicted molar refractivity (Wildman–Crippen MR) is 155 cm³/mol. The first kappa shape index (κ1) is 28.9. The first-order chi connectivity index (χ1) is 16.7. The zero-order valence-corrected chi connectivity index (χ0v) is 23.4. The number of piperidine rings is 1. The number of aromatic nitrogens is 2. The van der Waals surface area contributed by atoms with Crippen LogP contribution in [0, 0.1) is 5.92 Å². The highest BCUT2D eigenvalue weighted by atomic mass is 35.5. The maximum absolute atomic E-state index is 12.7. The van der Waals surface area contributed by atoms with Gasteiger partial charge >= 0.3 is 0 Å². The van der Waals surface area contributed by atoms with Crippen molar-refractivity contribution in [3.63, 3.8) is 0 Å². The number of nitrogens with zero attached hydrogens (tertiary/aromatic N) is 3. The zero-order chi connectivity index (χ0) is 23.3. The Bertz CT molecular complexity index is 1190. The smallest absolute Gasteiger partial charge is 0.258 e. The minimum atomic E-state index is 0. The number of carbonyl (C=O) groups excluding carboxylic acids is 1. The van der Waals surface area contributed by atoms with E-state index in [2.05, 4.69) is 31.7 Å². The molecule has 2 aromatic heterocycles. The Hall–Kier alpha value is -1.70. The van der Waals surface area contributed by atoms with Gasteiger partial charge in [0, 0.05) is 11.6 Å². The van der Waals surface area contributed by atoms with E-state index in [1.807, 2.05) is 42.6 Å². The lowest BCUT2D eigenvalue weighted by atomic mass is 9.92. The number of pyridine rings is 1. The number of hydrogen-bond donors (Lipinski definition) is 1. The molecule has 1 saturated heterocycles. The van der Waals surface area contributed by atoms with E-state index in [0.717, 1.165) is 64.6 Å². The summed E-state index contributed by atoms with van der Waals surface area (Å²) in [6.07, 6.45) is 10.7. The molecule has 3 aromatic rings. The molecule has 0 bridgehead atoms. The molecule has 2 aliphatic heterocycles. The summed E-state index contributed by atoms with van der Waals surface area (Å²) in [7, 11) is 0. The molecule has 0 saturated carbocycles. The van der Waals surface area contributed by atoms with Gasteiger partial charge in [-0.2, -0.15) is 0 Å². The van der Waals surface area contributed by atoms with E-state index < -0.39 is 0 Å². The van der Waals surface area contributed by atoms with Gasteiger partial charge in [-0.05, 0) is 93.9 Å². The third-order valence-electron chi connectivity index (χ3n) is 6.90. The van der Waals surface area contributed by atoms with E-state index in [0.29, 0.717) is 0 Å². The molecule has 1 amide bonds. The van der Waals surface area contributed by atoms with Crippen LogP contribution in [0.2, 0.25) is 5.02 Å². The van der Waals surface area contributed by atoms with E-state index in [9.17, 15) is 4.79 Å². The second-order valence-electron chi connectivity index (χ2n) is 9.23. The van der Waals surface area contributed by atoms with Crippen molar-refractivity contribution >= 4 is 65.8 Å². The molecule has 4 heterocycles. The molecular formula is C27H33Cl3N4OS. The molecule has 0 aliphatic carbocycles. The van der Waals surface area contributed by atoms with Crippen molar-refractivity contribution in [2.45, 2.75) is 43.6 Å². The molecule has 5 nitrogen and oxygen atoms in total. The predicted octanol–water partition coefficient (Wildman–Crippen LogP) is 6.52. The van der Waals surface area contributed by atoms with Crippen LogP contribution in [0.3, 0.4) is 0 Å². The van der Waals surface area contributed by atoms with Crippen LogP contribution >= 0.6 is 48.2 Å². The lowest BCUT2D eigenvalue weighted by molar-refractivity contribution is -0.116. The Morgan fingerprint density at radius 1 is 1.08 bits per heavy atom. The van der Waals surface area contributed by atoms with Gasteiger partial charge in [-0.15, -0.1) is 24.8 Å². The van der Waals surface area contributed by atoms with Crippen molar-refractivity contribution < 1.29 is 4.79 Å². The first-order valence-electron chi connectivity index (χ1n) is 12.3. The number of carbonyl (C=O) groups is 1. The molecule has 0 spiro atoms. The van der Waals surface area contributed by atoms with Crippen molar-refractivity contribution in [3.05, 3.63) is 69.8 Å². The van der Waals surface area contributed by atoms with Crippen LogP contribution in [0.5, 0.6) is 0 Å². The summed E-state index contributed by atoms with van der Waals surface area (Å²) >= 11 is 7.79. The molecule has 1 aromatic carbocycles. The second kappa shape index (κ2) is 13.7. The lowest BCUT2D eigenvalue weighted by Crippen LogP contribution is -2.35. The fourth-order valence-electron chi connectivity index (χ4n) is 4.97. The Balaban J connectivity index is 0.00000180. The van der Waals surface area contributed by atoms with Gasteiger partial charge in [0.15, 0.2) is 0 Å². The fourth-order valence-corrected chi connectivity index (χ4v) is 6.21. The third kappa shape index (κ3) is 6.99. The number of rotatable bonds is 9. The first-order valence-corrected chi connectivity index (χ1v) is 13.5. The number of hydrogen-bond acceptors (Lipinski definition) is 4. The van der Waals surface area contributed by atoms with Crippen LogP contribution in [0.4, 0.5) is 0 Å². The Labute approximate surface area is 234 Å². The van der Waals surface area contributed by atoms with Crippen LogP contribution in [-0.2, 0) is 11.2 Å². The SMILES string of the molecule is Cl.Cl.O=C(NCCCC1CCN(CCCc2ccccc2Cl)CC1)C1=Cc2cnc3cccc(n23)S1. The van der Waals surface area contributed by atoms with E-state index in [-0.39, 0.29) is 30.7 Å². The second-order valence-corrected chi connectivity index (χ2v) is 10.7. The van der Waals surface area contributed by atoms with Gasteiger partial charge < -0.3 is 10.2 Å². The summed E-state index contributed by atoms with van der Waals surface area (Å²) in [6.45, 7) is 4.25. The van der Waals surface area contributed by atoms with Crippen molar-refractivity contribution in [1.82, 2.24) is 19.6 Å². The normalized spacial score (nSPS) is 15.6. The van der Waals surface area contributed by atoms with Crippen molar-refractivity contribution in [1.29, 1.82) is 0 Å². The van der Waals surface area contributed by atoms with Crippen LogP contribution < -0.4 is 5.32 Å². The van der Waals surface area contributed by atoms with E-state index in [1.165, 1.54) is 49.7 Å². The molecule has 36 heavy (non-hydrogen) atoms. The summed E-state index contributed by atoms with van der Waals surface area (Å²) in [5.41, 5.74) is 3.14. The minimum Gasteiger partial charge on any atom is -0.352 e. The van der Waals surface area contributed by atoms with E-state index in [1.54, 1.807) is 0 Å². The number of nitrogens with one attached hydrogen (secondary N) is 1. The Morgan fingerprint density at radius 2 is 1.89 bits per heavy atom. The molecule has 0 radical (unpaired) electrons. The van der Waals surface area contributed by atoms with E-state index in [4.69, 9.17) is 11.6 Å². The van der Waals surface area contributed by atoms with Crippen LogP contribution in [0.15, 0.2) is 58.6 Å². The van der Waals surface area contributed by atoms with Gasteiger partial charge in [0.2, 0.25) is 0 Å². The zero-order valence-electron chi connectivity index (χ0n) is 20.2. The average molecular weight is 568 g/mol. The number of amides is 1. The number of aryl methyl sites for hydroxylation is 1. The van der Waals surface area contributed by atoms with Crippen molar-refractivity contribution in [2.24, 2.45) is 5.92 Å². The fraction of sp³-hybridized carbons (Fsp3) is 0.407. The maximum Gasteiger partial charge on any atom is 0.258 e. The lowest BCUT2D eigenvalue weighted by Gasteiger charge is -2.32. The highest BCUT2D eigenvalue weighted by molar-refractivity contribution is 8.04. The molecule has 0 atom stereocenters. The molecule has 9 heteroatoms. The molecule has 2 aliphatic rings. The van der Waals surface area contributed by atoms with Gasteiger partial charge in [-0.1, -0.05) is 47.6 Å². The largest absolute Gasteiger partial charge is 0.352 e. The van der Waals surface area contributed by atoms with E-state index >= 15 is 0 Å². The van der Waals surface area contributed by atoms with Crippen LogP contribution in [-0.4, -0.2) is 46.4 Å². The van der Waals surface area contributed by atoms with Crippen molar-refractivity contribution in [2.75, 3.05) is 26.2 Å². The van der Waals surface area contributed by atoms with Gasteiger partial charge in [0.25, 0.3) is 5.91 Å². The summed E-state index contributed by atoms with van der Waals surface area (Å²) < 4.78 is 2.09. The molecule has 1 N–H and O–H groups in total. The van der Waals surface area contributed by atoms with Gasteiger partial charge in [-0.3, -0.25) is 9.20 Å². The van der Waals surface area contributed by atoms with Gasteiger partial charge in [-0.25, -0.2) is 4.98 Å². The summed E-state index contributed by atoms with van der Waals surface area (Å²) in [5.74, 6) is 0.787. The molecule has 1 fully saturated rings. The van der Waals surface area contributed by atoms with Crippen molar-refractivity contribution in [3.8, 4) is 0 Å². The third-order valence-corrected chi connectivity index (χ3v) is 8.32. The number of likely N-dealkylation sites (tertiary alicyclic amines) is 1. The summed E-state index contributed by atoms with van der Waals surface area (Å²) in [4.78, 5) is 20.5. The Morgan fingerprint density at radius 3 is 2.69 bits per heavy atom. The van der Waals surface area contributed by atoms with Crippen LogP contribution in [0.25, 0.3) is 11.7 Å². The number of thioether (sulfide) groups is 1. The van der Waals surface area contributed by atoms with Crippen LogP contribution in [0.1, 0.15) is 43.4 Å². The van der Waals surface area contributed by atoms with Gasteiger partial charge in [0.05, 0.1) is 21.8 Å². The maximum atomic E-state index is 12.7. The highest BCUT2D eigenvalue weighted by Gasteiger charge is 2.21. The number of benzene rings is 1.